The summed E-state index contributed by atoms with van der Waals surface area (Å²) in [6, 6.07) is 16.1. The standard InChI is InChI=1S/C27H24ClN3O7/c1-35-17-8-10-21(37-3)19(13-17)30-25(32)15-6-5-7-16(12-15)29-24-23(28)26(33)31(27(24)34)20-14-18(36-2)9-11-22(20)38-4/h5-14,29H,1-4H3,(H,30,32). The zero-order valence-electron chi connectivity index (χ0n) is 21.0. The van der Waals surface area contributed by atoms with Crippen LogP contribution in [-0.4, -0.2) is 46.2 Å². The van der Waals surface area contributed by atoms with Crippen molar-refractivity contribution in [3.05, 3.63) is 77.0 Å². The van der Waals surface area contributed by atoms with E-state index in [-0.39, 0.29) is 27.7 Å². The molecule has 1 aliphatic rings. The first-order valence-corrected chi connectivity index (χ1v) is 11.6. The molecule has 1 heterocycles. The van der Waals surface area contributed by atoms with E-state index in [0.29, 0.717) is 28.6 Å². The Morgan fingerprint density at radius 1 is 0.789 bits per heavy atom. The van der Waals surface area contributed by atoms with E-state index in [2.05, 4.69) is 10.6 Å². The summed E-state index contributed by atoms with van der Waals surface area (Å²) >= 11 is 6.29. The number of methoxy groups -OCH3 is 4. The predicted molar refractivity (Wildman–Crippen MR) is 142 cm³/mol. The van der Waals surface area contributed by atoms with Gasteiger partial charge in [0.05, 0.1) is 39.8 Å². The lowest BCUT2D eigenvalue weighted by Gasteiger charge is -2.19. The molecule has 3 aromatic carbocycles. The minimum absolute atomic E-state index is 0.145. The van der Waals surface area contributed by atoms with Gasteiger partial charge in [-0.1, -0.05) is 17.7 Å². The van der Waals surface area contributed by atoms with Crippen LogP contribution >= 0.6 is 11.6 Å². The smallest absolute Gasteiger partial charge is 0.283 e. The Morgan fingerprint density at radius 3 is 2.11 bits per heavy atom. The van der Waals surface area contributed by atoms with Crippen molar-refractivity contribution in [2.24, 2.45) is 0 Å². The van der Waals surface area contributed by atoms with Gasteiger partial charge in [0.15, 0.2) is 0 Å². The average Bonchev–Trinajstić information content (AvgIpc) is 3.15. The molecule has 1 aliphatic heterocycles. The van der Waals surface area contributed by atoms with Crippen LogP contribution in [0.3, 0.4) is 0 Å². The fourth-order valence-electron chi connectivity index (χ4n) is 3.79. The molecule has 4 rings (SSSR count). The van der Waals surface area contributed by atoms with E-state index < -0.39 is 17.7 Å². The Hall–Kier alpha value is -4.70. The summed E-state index contributed by atoms with van der Waals surface area (Å²) in [6.45, 7) is 0. The third-order valence-corrected chi connectivity index (χ3v) is 6.05. The van der Waals surface area contributed by atoms with Crippen LogP contribution in [0.5, 0.6) is 23.0 Å². The molecule has 0 aromatic heterocycles. The number of nitrogens with one attached hydrogen (secondary N) is 2. The van der Waals surface area contributed by atoms with Crippen LogP contribution in [0.4, 0.5) is 17.1 Å². The van der Waals surface area contributed by atoms with E-state index >= 15 is 0 Å². The van der Waals surface area contributed by atoms with Gasteiger partial charge in [0.2, 0.25) is 0 Å². The second-order valence-corrected chi connectivity index (χ2v) is 8.28. The lowest BCUT2D eigenvalue weighted by molar-refractivity contribution is -0.120. The summed E-state index contributed by atoms with van der Waals surface area (Å²) in [5, 5.41) is 5.35. The number of benzene rings is 3. The fourth-order valence-corrected chi connectivity index (χ4v) is 4.00. The van der Waals surface area contributed by atoms with Crippen molar-refractivity contribution in [1.29, 1.82) is 0 Å². The molecule has 10 nitrogen and oxygen atoms in total. The van der Waals surface area contributed by atoms with Gasteiger partial charge in [-0.3, -0.25) is 14.4 Å². The molecule has 0 saturated carbocycles. The van der Waals surface area contributed by atoms with Gasteiger partial charge < -0.3 is 29.6 Å². The Bertz CT molecular complexity index is 1450. The van der Waals surface area contributed by atoms with Gasteiger partial charge >= 0.3 is 0 Å². The first kappa shape index (κ1) is 26.4. The number of nitrogens with zero attached hydrogens (tertiary/aromatic N) is 1. The third kappa shape index (κ3) is 5.07. The highest BCUT2D eigenvalue weighted by atomic mass is 35.5. The molecule has 0 unspecified atom stereocenters. The zero-order chi connectivity index (χ0) is 27.4. The summed E-state index contributed by atoms with van der Waals surface area (Å²) in [7, 11) is 5.89. The number of hydrogen-bond donors (Lipinski definition) is 2. The first-order valence-electron chi connectivity index (χ1n) is 11.2. The third-order valence-electron chi connectivity index (χ3n) is 5.70. The molecule has 11 heteroatoms. The Balaban J connectivity index is 1.58. The highest BCUT2D eigenvalue weighted by Crippen LogP contribution is 2.38. The number of carbonyl (C=O) groups excluding carboxylic acids is 3. The number of halogens is 1. The van der Waals surface area contributed by atoms with Crippen LogP contribution in [0.25, 0.3) is 0 Å². The molecule has 38 heavy (non-hydrogen) atoms. The van der Waals surface area contributed by atoms with Crippen molar-refractivity contribution in [3.63, 3.8) is 0 Å². The van der Waals surface area contributed by atoms with Gasteiger partial charge in [-0.05, 0) is 42.5 Å². The Morgan fingerprint density at radius 2 is 1.45 bits per heavy atom. The lowest BCUT2D eigenvalue weighted by atomic mass is 10.1. The average molecular weight is 538 g/mol. The maximum atomic E-state index is 13.3. The number of anilines is 3. The maximum absolute atomic E-state index is 13.3. The molecule has 0 aliphatic carbocycles. The topological polar surface area (TPSA) is 115 Å². The molecule has 0 radical (unpaired) electrons. The second-order valence-electron chi connectivity index (χ2n) is 7.90. The van der Waals surface area contributed by atoms with E-state index in [9.17, 15) is 14.4 Å². The molecule has 0 spiro atoms. The SMILES string of the molecule is COc1ccc(OC)c(NC(=O)c2cccc(NC3=C(Cl)C(=O)N(c4cc(OC)ccc4OC)C3=O)c2)c1. The summed E-state index contributed by atoms with van der Waals surface area (Å²) in [5.74, 6) is -0.160. The van der Waals surface area contributed by atoms with E-state index in [0.717, 1.165) is 4.90 Å². The van der Waals surface area contributed by atoms with Crippen LogP contribution < -0.4 is 34.5 Å². The normalized spacial score (nSPS) is 12.9. The molecule has 0 fully saturated rings. The molecular weight excluding hydrogens is 514 g/mol. The summed E-state index contributed by atoms with van der Waals surface area (Å²) < 4.78 is 21.1. The Labute approximate surface area is 223 Å². The maximum Gasteiger partial charge on any atom is 0.283 e. The van der Waals surface area contributed by atoms with Gasteiger partial charge in [0.25, 0.3) is 17.7 Å². The van der Waals surface area contributed by atoms with Crippen molar-refractivity contribution in [2.75, 3.05) is 44.0 Å². The highest BCUT2D eigenvalue weighted by molar-refractivity contribution is 6.53. The van der Waals surface area contributed by atoms with Crippen LogP contribution in [0.15, 0.2) is 71.4 Å². The highest BCUT2D eigenvalue weighted by Gasteiger charge is 2.40. The van der Waals surface area contributed by atoms with Gasteiger partial charge in [-0.15, -0.1) is 0 Å². The second kappa shape index (κ2) is 11.1. The van der Waals surface area contributed by atoms with Crippen molar-refractivity contribution < 1.29 is 33.3 Å². The molecule has 3 aromatic rings. The molecule has 0 bridgehead atoms. The van der Waals surface area contributed by atoms with Gasteiger partial charge in [0, 0.05) is 23.4 Å². The van der Waals surface area contributed by atoms with Crippen LogP contribution in [0.1, 0.15) is 10.4 Å². The van der Waals surface area contributed by atoms with Gasteiger partial charge in [-0.2, -0.15) is 0 Å². The number of hydrogen-bond acceptors (Lipinski definition) is 8. The number of amides is 3. The first-order chi connectivity index (χ1) is 18.3. The zero-order valence-corrected chi connectivity index (χ0v) is 21.7. The molecule has 0 atom stereocenters. The summed E-state index contributed by atoms with van der Waals surface area (Å²) in [4.78, 5) is 40.1. The fraction of sp³-hybridized carbons (Fsp3) is 0.148. The van der Waals surface area contributed by atoms with Gasteiger partial charge in [-0.25, -0.2) is 4.90 Å². The summed E-state index contributed by atoms with van der Waals surface area (Å²) in [5.41, 5.74) is 1.09. The molecule has 2 N–H and O–H groups in total. The minimum atomic E-state index is -0.732. The van der Waals surface area contributed by atoms with Crippen molar-refractivity contribution in [3.8, 4) is 23.0 Å². The van der Waals surface area contributed by atoms with Crippen molar-refractivity contribution in [2.45, 2.75) is 0 Å². The molecular formula is C27H24ClN3O7. The van der Waals surface area contributed by atoms with E-state index in [1.54, 1.807) is 48.5 Å². The van der Waals surface area contributed by atoms with Crippen LogP contribution in [0, 0.1) is 0 Å². The number of imide groups is 1. The molecule has 196 valence electrons. The molecule has 0 saturated heterocycles. The van der Waals surface area contributed by atoms with E-state index in [1.807, 2.05) is 0 Å². The van der Waals surface area contributed by atoms with E-state index in [1.165, 1.54) is 40.6 Å². The minimum Gasteiger partial charge on any atom is -0.497 e. The van der Waals surface area contributed by atoms with Crippen LogP contribution in [-0.2, 0) is 9.59 Å². The van der Waals surface area contributed by atoms with E-state index in [4.69, 9.17) is 30.5 Å². The Kier molecular flexibility index (Phi) is 7.73. The largest absolute Gasteiger partial charge is 0.497 e. The number of rotatable bonds is 9. The number of carbonyl (C=O) groups is 3. The molecule has 3 amide bonds. The van der Waals surface area contributed by atoms with Crippen molar-refractivity contribution in [1.82, 2.24) is 0 Å². The predicted octanol–water partition coefficient (Wildman–Crippen LogP) is 4.41. The monoisotopic (exact) mass is 537 g/mol. The van der Waals surface area contributed by atoms with Gasteiger partial charge in [0.1, 0.15) is 33.7 Å². The lowest BCUT2D eigenvalue weighted by Crippen LogP contribution is -2.32. The summed E-state index contributed by atoms with van der Waals surface area (Å²) in [6.07, 6.45) is 0. The quantitative estimate of drug-likeness (QED) is 0.386. The number of ether oxygens (including phenoxy) is 4. The van der Waals surface area contributed by atoms with Crippen molar-refractivity contribution >= 4 is 46.4 Å². The van der Waals surface area contributed by atoms with Crippen LogP contribution in [0.2, 0.25) is 0 Å².